The molecule has 0 aromatic rings. The van der Waals surface area contributed by atoms with E-state index in [9.17, 15) is 0 Å². The molecule has 2 heteroatoms. The standard InChI is InChI=1S/C17H32O2/c1-14(2)13-17(18-15-9-5-3-6-10-15)19-16-11-7-4-8-12-16/h14-17H,3-13H2,1-2H3. The van der Waals surface area contributed by atoms with Gasteiger partial charge in [0.15, 0.2) is 6.29 Å². The van der Waals surface area contributed by atoms with Crippen molar-refractivity contribution >= 4 is 0 Å². The minimum atomic E-state index is 0.0474. The summed E-state index contributed by atoms with van der Waals surface area (Å²) in [4.78, 5) is 0. The van der Waals surface area contributed by atoms with Crippen LogP contribution in [0.1, 0.15) is 84.5 Å². The van der Waals surface area contributed by atoms with Gasteiger partial charge in [-0.3, -0.25) is 0 Å². The van der Waals surface area contributed by atoms with Crippen molar-refractivity contribution in [2.75, 3.05) is 0 Å². The molecule has 2 nitrogen and oxygen atoms in total. The first-order valence-electron chi connectivity index (χ1n) is 8.55. The van der Waals surface area contributed by atoms with Crippen LogP contribution >= 0.6 is 0 Å². The van der Waals surface area contributed by atoms with Crippen LogP contribution in [0.15, 0.2) is 0 Å². The molecule has 0 spiro atoms. The molecule has 0 atom stereocenters. The van der Waals surface area contributed by atoms with Crippen LogP contribution in [0.25, 0.3) is 0 Å². The van der Waals surface area contributed by atoms with Crippen molar-refractivity contribution in [2.45, 2.75) is 103 Å². The lowest BCUT2D eigenvalue weighted by Crippen LogP contribution is -2.32. The zero-order valence-corrected chi connectivity index (χ0v) is 12.9. The van der Waals surface area contributed by atoms with Crippen molar-refractivity contribution in [1.29, 1.82) is 0 Å². The van der Waals surface area contributed by atoms with Gasteiger partial charge in [-0.25, -0.2) is 0 Å². The fourth-order valence-corrected chi connectivity index (χ4v) is 3.36. The fraction of sp³-hybridized carbons (Fsp3) is 1.00. The van der Waals surface area contributed by atoms with Gasteiger partial charge < -0.3 is 9.47 Å². The number of hydrogen-bond donors (Lipinski definition) is 0. The third-order valence-corrected chi connectivity index (χ3v) is 4.46. The molecule has 0 radical (unpaired) electrons. The summed E-state index contributed by atoms with van der Waals surface area (Å²) in [5, 5.41) is 0. The van der Waals surface area contributed by atoms with E-state index in [1.165, 1.54) is 64.2 Å². The second-order valence-electron chi connectivity index (χ2n) is 6.85. The maximum atomic E-state index is 6.28. The Morgan fingerprint density at radius 2 is 1.16 bits per heavy atom. The molecular weight excluding hydrogens is 236 g/mol. The zero-order chi connectivity index (χ0) is 13.5. The summed E-state index contributed by atoms with van der Waals surface area (Å²) in [7, 11) is 0. The van der Waals surface area contributed by atoms with Gasteiger partial charge in [0.05, 0.1) is 12.2 Å². The average molecular weight is 268 g/mol. The van der Waals surface area contributed by atoms with Crippen LogP contribution in [-0.4, -0.2) is 18.5 Å². The lowest BCUT2D eigenvalue weighted by atomic mass is 9.97. The Morgan fingerprint density at radius 1 is 0.737 bits per heavy atom. The quantitative estimate of drug-likeness (QED) is 0.627. The molecule has 2 fully saturated rings. The summed E-state index contributed by atoms with van der Waals surface area (Å²) < 4.78 is 12.6. The lowest BCUT2D eigenvalue weighted by molar-refractivity contribution is -0.210. The van der Waals surface area contributed by atoms with Gasteiger partial charge in [-0.2, -0.15) is 0 Å². The maximum absolute atomic E-state index is 6.28. The molecule has 0 amide bonds. The highest BCUT2D eigenvalue weighted by molar-refractivity contribution is 4.69. The first kappa shape index (κ1) is 15.3. The molecule has 2 saturated carbocycles. The molecule has 0 bridgehead atoms. The molecule has 0 N–H and O–H groups in total. The second kappa shape index (κ2) is 8.26. The molecule has 2 aliphatic carbocycles. The van der Waals surface area contributed by atoms with Gasteiger partial charge in [-0.05, 0) is 31.6 Å². The monoisotopic (exact) mass is 268 g/mol. The van der Waals surface area contributed by atoms with Gasteiger partial charge in [0.2, 0.25) is 0 Å². The highest BCUT2D eigenvalue weighted by atomic mass is 16.7. The normalized spacial score (nSPS) is 23.4. The van der Waals surface area contributed by atoms with Gasteiger partial charge in [-0.1, -0.05) is 52.4 Å². The van der Waals surface area contributed by atoms with Crippen molar-refractivity contribution in [1.82, 2.24) is 0 Å². The number of hydrogen-bond acceptors (Lipinski definition) is 2. The van der Waals surface area contributed by atoms with Crippen LogP contribution < -0.4 is 0 Å². The summed E-state index contributed by atoms with van der Waals surface area (Å²) in [6.45, 7) is 4.53. The van der Waals surface area contributed by atoms with E-state index < -0.39 is 0 Å². The first-order chi connectivity index (χ1) is 9.24. The SMILES string of the molecule is CC(C)CC(OC1CCCCC1)OC1CCCCC1. The van der Waals surface area contributed by atoms with Crippen LogP contribution in [0.5, 0.6) is 0 Å². The fourth-order valence-electron chi connectivity index (χ4n) is 3.36. The summed E-state index contributed by atoms with van der Waals surface area (Å²) in [5.74, 6) is 0.650. The lowest BCUT2D eigenvalue weighted by Gasteiger charge is -2.32. The molecule has 19 heavy (non-hydrogen) atoms. The topological polar surface area (TPSA) is 18.5 Å². The van der Waals surface area contributed by atoms with Crippen molar-refractivity contribution in [2.24, 2.45) is 5.92 Å². The van der Waals surface area contributed by atoms with Crippen molar-refractivity contribution in [3.63, 3.8) is 0 Å². The molecule has 0 heterocycles. The Labute approximate surface area is 119 Å². The molecule has 0 saturated heterocycles. The van der Waals surface area contributed by atoms with E-state index in [0.29, 0.717) is 18.1 Å². The maximum Gasteiger partial charge on any atom is 0.158 e. The molecule has 2 aliphatic rings. The Morgan fingerprint density at radius 3 is 1.53 bits per heavy atom. The average Bonchev–Trinajstić information content (AvgIpc) is 2.40. The van der Waals surface area contributed by atoms with Gasteiger partial charge in [0.25, 0.3) is 0 Å². The van der Waals surface area contributed by atoms with Crippen LogP contribution in [-0.2, 0) is 9.47 Å². The number of ether oxygens (including phenoxy) is 2. The molecule has 0 unspecified atom stereocenters. The van der Waals surface area contributed by atoms with E-state index in [4.69, 9.17) is 9.47 Å². The van der Waals surface area contributed by atoms with Crippen LogP contribution in [0, 0.1) is 5.92 Å². The Balaban J connectivity index is 1.79. The van der Waals surface area contributed by atoms with E-state index in [2.05, 4.69) is 13.8 Å². The first-order valence-corrected chi connectivity index (χ1v) is 8.55. The summed E-state index contributed by atoms with van der Waals surface area (Å²) >= 11 is 0. The van der Waals surface area contributed by atoms with Crippen molar-refractivity contribution < 1.29 is 9.47 Å². The van der Waals surface area contributed by atoms with Crippen LogP contribution in [0.4, 0.5) is 0 Å². The second-order valence-corrected chi connectivity index (χ2v) is 6.85. The van der Waals surface area contributed by atoms with E-state index >= 15 is 0 Å². The predicted molar refractivity (Wildman–Crippen MR) is 79.2 cm³/mol. The summed E-state index contributed by atoms with van der Waals surface area (Å²) in [5.41, 5.74) is 0. The minimum Gasteiger partial charge on any atom is -0.349 e. The third kappa shape index (κ3) is 5.83. The Kier molecular flexibility index (Phi) is 6.66. The predicted octanol–water partition coefficient (Wildman–Crippen LogP) is 5.06. The minimum absolute atomic E-state index is 0.0474. The third-order valence-electron chi connectivity index (χ3n) is 4.46. The molecule has 2 rings (SSSR count). The van der Waals surface area contributed by atoms with E-state index in [1.807, 2.05) is 0 Å². The largest absolute Gasteiger partial charge is 0.349 e. The van der Waals surface area contributed by atoms with Crippen molar-refractivity contribution in [3.8, 4) is 0 Å². The van der Waals surface area contributed by atoms with E-state index in [1.54, 1.807) is 0 Å². The molecule has 0 aromatic heterocycles. The molecule has 112 valence electrons. The number of rotatable bonds is 6. The summed E-state index contributed by atoms with van der Waals surface area (Å²) in [6.07, 6.45) is 15.1. The Hall–Kier alpha value is -0.0800. The van der Waals surface area contributed by atoms with Gasteiger partial charge in [0.1, 0.15) is 0 Å². The van der Waals surface area contributed by atoms with Crippen LogP contribution in [0.2, 0.25) is 0 Å². The van der Waals surface area contributed by atoms with E-state index in [0.717, 1.165) is 6.42 Å². The van der Waals surface area contributed by atoms with Crippen LogP contribution in [0.3, 0.4) is 0 Å². The Bertz CT molecular complexity index is 207. The van der Waals surface area contributed by atoms with Gasteiger partial charge in [0, 0.05) is 6.42 Å². The van der Waals surface area contributed by atoms with Gasteiger partial charge in [-0.15, -0.1) is 0 Å². The highest BCUT2D eigenvalue weighted by Crippen LogP contribution is 2.27. The molecular formula is C17H32O2. The zero-order valence-electron chi connectivity index (χ0n) is 12.9. The summed E-state index contributed by atoms with van der Waals surface area (Å²) in [6, 6.07) is 0. The van der Waals surface area contributed by atoms with Gasteiger partial charge >= 0.3 is 0 Å². The smallest absolute Gasteiger partial charge is 0.158 e. The molecule has 0 aliphatic heterocycles. The van der Waals surface area contributed by atoms with E-state index in [-0.39, 0.29) is 6.29 Å². The highest BCUT2D eigenvalue weighted by Gasteiger charge is 2.24. The molecule has 0 aromatic carbocycles. The van der Waals surface area contributed by atoms with Crippen molar-refractivity contribution in [3.05, 3.63) is 0 Å².